The molecule has 3 heterocycles. The number of nitrogens with two attached hydrogens (primary N) is 2. The third kappa shape index (κ3) is 13.0. The van der Waals surface area contributed by atoms with Crippen LogP contribution in [0.4, 0.5) is 0 Å². The van der Waals surface area contributed by atoms with E-state index in [1.165, 1.54) is 55.7 Å². The fourth-order valence-electron chi connectivity index (χ4n) is 23.0. The summed E-state index contributed by atoms with van der Waals surface area (Å²) in [6, 6.07) is 19.1. The lowest BCUT2D eigenvalue weighted by atomic mass is 9.51. The Balaban J connectivity index is 0.000000126. The number of carbonyl (C=O) groups is 1. The second-order valence-corrected chi connectivity index (χ2v) is 33.6. The van der Waals surface area contributed by atoms with Crippen LogP contribution < -0.4 is 50.7 Å². The molecule has 0 bridgehead atoms. The van der Waals surface area contributed by atoms with Crippen molar-refractivity contribution in [3.05, 3.63) is 140 Å². The summed E-state index contributed by atoms with van der Waals surface area (Å²) < 4.78 is 34.0. The Hall–Kier alpha value is -8.19. The summed E-state index contributed by atoms with van der Waals surface area (Å²) in [5.41, 5.74) is 31.8. The highest BCUT2D eigenvalue weighted by Crippen LogP contribution is 2.71. The van der Waals surface area contributed by atoms with Crippen molar-refractivity contribution in [1.82, 2.24) is 10.9 Å². The third-order valence-corrected chi connectivity index (χ3v) is 27.9. The van der Waals surface area contributed by atoms with Crippen molar-refractivity contribution in [2.24, 2.45) is 73.4 Å². The summed E-state index contributed by atoms with van der Waals surface area (Å²) in [4.78, 5) is 12.2. The van der Waals surface area contributed by atoms with Crippen molar-refractivity contribution in [2.45, 2.75) is 218 Å². The van der Waals surface area contributed by atoms with E-state index in [4.69, 9.17) is 69.4 Å². The minimum Gasteiger partial charge on any atom is -0.454 e. The van der Waals surface area contributed by atoms with E-state index in [9.17, 15) is 20.1 Å². The van der Waals surface area contributed by atoms with Crippen LogP contribution in [0.25, 0.3) is 0 Å². The van der Waals surface area contributed by atoms with Gasteiger partial charge in [-0.15, -0.1) is 17.8 Å². The maximum absolute atomic E-state index is 12.2. The second-order valence-electron chi connectivity index (χ2n) is 32.7. The van der Waals surface area contributed by atoms with Crippen LogP contribution in [-0.2, 0) is 4.79 Å². The Morgan fingerprint density at radius 1 is 0.477 bits per heavy atom. The number of hydrogen-bond donors (Lipinski definition) is 8. The Bertz CT molecular complexity index is 4450. The fraction of sp³-hybridized carbons (Fsp3) is 0.534. The molecule has 17 nitrogen and oxygen atoms in total. The minimum atomic E-state index is -0.952. The SMILES string of the molecule is CC#C[C@]1(O)CC[C@H]2[C@@H]3CCC4=CC(=NNC(N)=S)CCC4=C3[C@@H](c3ccc4c(c3)OCO4)C[C@@]21C.CC#C[C@]1(O)CC[C@H]2[C@@H]3CCC4=CC(=NNC(N)=S)CCC4=C3[C@@H](c3ccc4c(c3)OCO4)C[C@@]21C.CC#C[C@]1(O)CC[C@H]2[C@@H]3CCC4=CC(=O)CCC4=C3[C@@H](c3ccc4c(c3)OCO4)C[C@@]21C.CCO. The summed E-state index contributed by atoms with van der Waals surface area (Å²) in [6.45, 7) is 15.1. The van der Waals surface area contributed by atoms with Gasteiger partial charge in [0.05, 0.1) is 11.4 Å². The van der Waals surface area contributed by atoms with Gasteiger partial charge in [-0.1, -0.05) is 73.5 Å². The maximum atomic E-state index is 12.2. The molecule has 10 N–H and O–H groups in total. The summed E-state index contributed by atoms with van der Waals surface area (Å²) >= 11 is 9.86. The van der Waals surface area contributed by atoms with Crippen LogP contribution in [0, 0.1) is 87.3 Å². The fourth-order valence-corrected chi connectivity index (χ4v) is 23.1. The number of allylic oxidation sites excluding steroid dienone is 12. The molecule has 3 aromatic rings. The summed E-state index contributed by atoms with van der Waals surface area (Å²) in [6.07, 6.45) is 25.5. The molecular weight excluding hydrogens is 1380 g/mol. The molecule has 15 atom stereocenters. The Morgan fingerprint density at radius 3 is 1.10 bits per heavy atom. The highest BCUT2D eigenvalue weighted by molar-refractivity contribution is 7.80. The van der Waals surface area contributed by atoms with Gasteiger partial charge in [-0.2, -0.15) is 10.2 Å². The van der Waals surface area contributed by atoms with Gasteiger partial charge in [-0.05, 0) is 321 Å². The van der Waals surface area contributed by atoms with Crippen molar-refractivity contribution < 1.29 is 53.6 Å². The first-order chi connectivity index (χ1) is 51.5. The normalized spacial score (nSPS) is 35.0. The number of hydrazone groups is 2. The second kappa shape index (κ2) is 29.3. The zero-order valence-electron chi connectivity index (χ0n) is 62.8. The molecule has 562 valence electrons. The predicted molar refractivity (Wildman–Crippen MR) is 421 cm³/mol. The molecular formula is C88H102N6O11S2. The van der Waals surface area contributed by atoms with Gasteiger partial charge in [-0.3, -0.25) is 15.6 Å². The van der Waals surface area contributed by atoms with Gasteiger partial charge in [-0.25, -0.2) is 0 Å². The van der Waals surface area contributed by atoms with Crippen molar-refractivity contribution in [3.8, 4) is 70.0 Å². The lowest BCUT2D eigenvalue weighted by Gasteiger charge is -2.53. The molecule has 0 saturated heterocycles. The monoisotopic (exact) mass is 1480 g/mol. The largest absolute Gasteiger partial charge is 0.454 e. The topological polar surface area (TPSA) is 254 Å². The average Bonchev–Trinajstić information content (AvgIpc) is 1.64. The van der Waals surface area contributed by atoms with E-state index in [0.29, 0.717) is 41.9 Å². The zero-order valence-corrected chi connectivity index (χ0v) is 64.4. The molecule has 107 heavy (non-hydrogen) atoms. The van der Waals surface area contributed by atoms with E-state index in [1.807, 2.05) is 45.0 Å². The highest BCUT2D eigenvalue weighted by atomic mass is 32.1. The molecule has 0 spiro atoms. The van der Waals surface area contributed by atoms with Crippen LogP contribution in [0.1, 0.15) is 218 Å². The maximum Gasteiger partial charge on any atom is 0.231 e. The number of benzene rings is 3. The Morgan fingerprint density at radius 2 is 0.785 bits per heavy atom. The van der Waals surface area contributed by atoms with Gasteiger partial charge in [0.1, 0.15) is 16.8 Å². The lowest BCUT2D eigenvalue weighted by Crippen LogP contribution is -2.51. The van der Waals surface area contributed by atoms with Gasteiger partial charge in [0, 0.05) is 47.0 Å². The van der Waals surface area contributed by atoms with Crippen molar-refractivity contribution in [3.63, 3.8) is 0 Å². The molecule has 0 aromatic heterocycles. The van der Waals surface area contributed by atoms with Crippen molar-refractivity contribution in [1.29, 1.82) is 0 Å². The number of hydrogen-bond acceptors (Lipinski definition) is 15. The average molecular weight is 1480 g/mol. The number of nitrogens with one attached hydrogen (secondary N) is 2. The highest BCUT2D eigenvalue weighted by Gasteiger charge is 2.66. The van der Waals surface area contributed by atoms with Gasteiger partial charge < -0.3 is 60.3 Å². The summed E-state index contributed by atoms with van der Waals surface area (Å²) in [7, 11) is 0. The molecule has 0 unspecified atom stereocenters. The van der Waals surface area contributed by atoms with Crippen LogP contribution in [0.3, 0.4) is 0 Å². The van der Waals surface area contributed by atoms with Crippen LogP contribution in [-0.4, -0.2) is 91.6 Å². The number of nitrogens with zero attached hydrogens (tertiary/aromatic N) is 2. The van der Waals surface area contributed by atoms with E-state index in [0.717, 1.165) is 174 Å². The number of rotatable bonds is 5. The molecule has 15 aliphatic rings. The molecule has 6 fully saturated rings. The van der Waals surface area contributed by atoms with Crippen molar-refractivity contribution >= 4 is 51.9 Å². The standard InChI is InChI=1S/2C29H33N3O3S.C28H30O4.C2H6O/c2*1-3-11-29(33)12-10-23-21-7-4-17-13-19(31-32-27(30)36)6-8-20(17)26(21)22(15-28(23,29)2)18-5-9-24-25(14-18)35-16-34-24;1-3-11-28(30)12-10-23-21-7-4-17-13-19(29)6-8-20(17)26(21)22(15-27(23,28)2)18-5-9-24-25(14-18)32-16-31-24;1-2-3/h2*5,9,13-14,21-23,33H,4,6-8,10,12,15-16H2,1-2H3,(H3,30,32,36);5,9,13-14,21-23,30H,4,6-8,10,12,15-16H2,1-2H3;3H,2H2,1H3/t2*21-,22+,23-,28-,29-;21-,22+,23-,27-,28-;/m000./s1. The molecule has 0 amide bonds. The summed E-state index contributed by atoms with van der Waals surface area (Å²) in [5.74, 6) is 27.0. The van der Waals surface area contributed by atoms with Crippen LogP contribution in [0.15, 0.2) is 133 Å². The third-order valence-electron chi connectivity index (χ3n) is 27.7. The van der Waals surface area contributed by atoms with Crippen LogP contribution >= 0.6 is 24.4 Å². The first-order valence-corrected chi connectivity index (χ1v) is 39.7. The number of aliphatic hydroxyl groups is 4. The zero-order chi connectivity index (χ0) is 75.0. The molecule has 3 aromatic carbocycles. The number of thiocarbonyl (C=S) groups is 2. The van der Waals surface area contributed by atoms with Gasteiger partial charge in [0.2, 0.25) is 20.4 Å². The van der Waals surface area contributed by atoms with E-state index < -0.39 is 16.8 Å². The quantitative estimate of drug-likeness (QED) is 0.0671. The molecule has 0 radical (unpaired) electrons. The molecule has 6 saturated carbocycles. The van der Waals surface area contributed by atoms with Crippen LogP contribution in [0.5, 0.6) is 34.5 Å². The van der Waals surface area contributed by atoms with Gasteiger partial charge >= 0.3 is 0 Å². The molecule has 12 aliphatic carbocycles. The van der Waals surface area contributed by atoms with Gasteiger partial charge in [0.25, 0.3) is 0 Å². The number of aliphatic hydroxyl groups excluding tert-OH is 1. The van der Waals surface area contributed by atoms with Crippen molar-refractivity contribution in [2.75, 3.05) is 27.0 Å². The molecule has 19 heteroatoms. The Kier molecular flexibility index (Phi) is 20.4. The number of fused-ring (bicyclic) bond motifs is 15. The number of ether oxygens (including phenoxy) is 6. The smallest absolute Gasteiger partial charge is 0.231 e. The summed E-state index contributed by atoms with van der Waals surface area (Å²) in [5, 5.41) is 52.2. The lowest BCUT2D eigenvalue weighted by molar-refractivity contribution is -0.114. The van der Waals surface area contributed by atoms with E-state index in [1.54, 1.807) is 18.1 Å². The number of carbonyl (C=O) groups excluding carboxylic acids is 1. The first-order valence-electron chi connectivity index (χ1n) is 38.9. The van der Waals surface area contributed by atoms with Gasteiger partial charge in [0.15, 0.2) is 50.5 Å². The number of ketones is 1. The molecule has 3 aliphatic heterocycles. The minimum absolute atomic E-state index is 0.186. The van der Waals surface area contributed by atoms with E-state index in [2.05, 4.69) is 126 Å². The molecule has 18 rings (SSSR count). The van der Waals surface area contributed by atoms with E-state index >= 15 is 0 Å². The van der Waals surface area contributed by atoms with E-state index in [-0.39, 0.29) is 77.0 Å². The predicted octanol–water partition coefficient (Wildman–Crippen LogP) is 14.4. The first kappa shape index (κ1) is 74.3. The van der Waals surface area contributed by atoms with Crippen LogP contribution in [0.2, 0.25) is 0 Å². The Labute approximate surface area is 640 Å².